The van der Waals surface area contributed by atoms with Gasteiger partial charge in [0.15, 0.2) is 5.82 Å². The van der Waals surface area contributed by atoms with Crippen molar-refractivity contribution in [3.05, 3.63) is 78.9 Å². The number of benzene rings is 2. The molecule has 0 unspecified atom stereocenters. The Morgan fingerprint density at radius 2 is 1.76 bits per heavy atom. The quantitative estimate of drug-likeness (QED) is 0.219. The van der Waals surface area contributed by atoms with Crippen LogP contribution in [0.5, 0.6) is 0 Å². The summed E-state index contributed by atoms with van der Waals surface area (Å²) in [5.41, 5.74) is 2.67. The number of hydrogen-bond donors (Lipinski definition) is 3. The molecule has 5 rings (SSSR count). The Balaban J connectivity index is 1.28. The van der Waals surface area contributed by atoms with Crippen LogP contribution >= 0.6 is 34.8 Å². The van der Waals surface area contributed by atoms with Gasteiger partial charge in [-0.05, 0) is 35.7 Å². The summed E-state index contributed by atoms with van der Waals surface area (Å²) in [6, 6.07) is 10.5. The van der Waals surface area contributed by atoms with Crippen molar-refractivity contribution in [3.8, 4) is 17.1 Å². The van der Waals surface area contributed by atoms with Crippen molar-refractivity contribution in [2.75, 3.05) is 51.3 Å². The van der Waals surface area contributed by atoms with Crippen LogP contribution in [0.4, 0.5) is 5.69 Å². The van der Waals surface area contributed by atoms with Gasteiger partial charge >= 0.3 is 0 Å². The van der Waals surface area contributed by atoms with E-state index in [1.807, 2.05) is 38.1 Å². The van der Waals surface area contributed by atoms with Crippen LogP contribution < -0.4 is 16.2 Å². The summed E-state index contributed by atoms with van der Waals surface area (Å²) in [7, 11) is 0. The molecule has 2 aromatic carbocycles. The fourth-order valence-corrected chi connectivity index (χ4v) is 5.85. The van der Waals surface area contributed by atoms with Gasteiger partial charge in [0.25, 0.3) is 5.56 Å². The van der Waals surface area contributed by atoms with E-state index >= 15 is 0 Å². The van der Waals surface area contributed by atoms with Gasteiger partial charge in [-0.1, -0.05) is 60.8 Å². The maximum atomic E-state index is 13.2. The van der Waals surface area contributed by atoms with Gasteiger partial charge in [-0.15, -0.1) is 0 Å². The van der Waals surface area contributed by atoms with Gasteiger partial charge in [0.1, 0.15) is 17.1 Å². The summed E-state index contributed by atoms with van der Waals surface area (Å²) in [4.78, 5) is 36.9. The van der Waals surface area contributed by atoms with E-state index in [1.165, 1.54) is 0 Å². The van der Waals surface area contributed by atoms with Crippen LogP contribution in [-0.4, -0.2) is 76.5 Å². The van der Waals surface area contributed by atoms with Crippen molar-refractivity contribution in [1.82, 2.24) is 30.0 Å². The number of aromatic amines is 1. The first-order valence-corrected chi connectivity index (χ1v) is 14.9. The fraction of sp³-hybridized carbons (Fsp3) is 0.379. The molecule has 0 aromatic heterocycles. The van der Waals surface area contributed by atoms with Crippen LogP contribution in [0.25, 0.3) is 17.1 Å². The number of carbonyl (C=O) groups excluding carboxylic acids is 1. The Labute approximate surface area is 258 Å². The Morgan fingerprint density at radius 1 is 1.07 bits per heavy atom. The van der Waals surface area contributed by atoms with Gasteiger partial charge in [-0.3, -0.25) is 19.6 Å². The molecule has 0 radical (unpaired) electrons. The number of nitrogens with zero attached hydrogens (tertiary/aromatic N) is 4. The van der Waals surface area contributed by atoms with Gasteiger partial charge in [-0.25, -0.2) is 9.67 Å². The smallest absolute Gasteiger partial charge is 0.284 e. The first-order chi connectivity index (χ1) is 20.2. The zero-order chi connectivity index (χ0) is 29.8. The van der Waals surface area contributed by atoms with Crippen molar-refractivity contribution in [2.45, 2.75) is 26.2 Å². The van der Waals surface area contributed by atoms with Gasteiger partial charge < -0.3 is 15.4 Å². The average molecular weight is 633 g/mol. The SMILES string of the molecule is CC(C)c1[nH]n(-c2c(Cl)cc(Cl)cc2Cl)c2nc(Cc3ccc(NC(=O)CNCCN4CCOCC4)cc3)nc(=O)c1-2. The predicted molar refractivity (Wildman–Crippen MR) is 166 cm³/mol. The number of morpholine rings is 1. The third-order valence-corrected chi connectivity index (χ3v) is 7.79. The molecule has 1 amide bonds. The van der Waals surface area contributed by atoms with Crippen LogP contribution in [0.2, 0.25) is 15.1 Å². The van der Waals surface area contributed by atoms with E-state index in [0.717, 1.165) is 45.0 Å². The second-order valence-electron chi connectivity index (χ2n) is 10.4. The monoisotopic (exact) mass is 631 g/mol. The normalized spacial score (nSPS) is 14.1. The Kier molecular flexibility index (Phi) is 9.82. The number of ether oxygens (including phenoxy) is 1. The summed E-state index contributed by atoms with van der Waals surface area (Å²) in [5.74, 6) is 0.596. The number of anilines is 1. The van der Waals surface area contributed by atoms with E-state index in [4.69, 9.17) is 44.5 Å². The number of H-pyrrole nitrogens is 1. The van der Waals surface area contributed by atoms with E-state index in [1.54, 1.807) is 16.8 Å². The molecule has 3 aliphatic rings. The molecular weight excluding hydrogens is 601 g/mol. The lowest BCUT2D eigenvalue weighted by Crippen LogP contribution is -2.41. The predicted octanol–water partition coefficient (Wildman–Crippen LogP) is 4.60. The van der Waals surface area contributed by atoms with E-state index in [9.17, 15) is 9.59 Å². The van der Waals surface area contributed by atoms with E-state index in [2.05, 4.69) is 25.6 Å². The second-order valence-corrected chi connectivity index (χ2v) is 11.7. The highest BCUT2D eigenvalue weighted by atomic mass is 35.5. The number of hydrogen-bond acceptors (Lipinski definition) is 7. The van der Waals surface area contributed by atoms with Crippen LogP contribution in [0.15, 0.2) is 41.2 Å². The topological polar surface area (TPSA) is 117 Å². The third kappa shape index (κ3) is 7.14. The minimum absolute atomic E-state index is 0.0107. The molecule has 1 fully saturated rings. The molecule has 3 N–H and O–H groups in total. The molecule has 42 heavy (non-hydrogen) atoms. The molecule has 10 nitrogen and oxygen atoms in total. The Morgan fingerprint density at radius 3 is 2.43 bits per heavy atom. The lowest BCUT2D eigenvalue weighted by Gasteiger charge is -2.26. The first kappa shape index (κ1) is 30.5. The lowest BCUT2D eigenvalue weighted by atomic mass is 10.1. The van der Waals surface area contributed by atoms with E-state index in [-0.39, 0.29) is 23.9 Å². The number of halogens is 3. The lowest BCUT2D eigenvalue weighted by molar-refractivity contribution is -0.115. The van der Waals surface area contributed by atoms with Crippen molar-refractivity contribution < 1.29 is 9.53 Å². The van der Waals surface area contributed by atoms with E-state index in [0.29, 0.717) is 55.8 Å². The number of nitrogens with one attached hydrogen (secondary N) is 3. The van der Waals surface area contributed by atoms with Gasteiger partial charge in [0.05, 0.1) is 35.5 Å². The molecule has 1 saturated heterocycles. The number of amides is 1. The highest BCUT2D eigenvalue weighted by molar-refractivity contribution is 6.40. The molecule has 2 aromatic rings. The largest absolute Gasteiger partial charge is 0.379 e. The number of fused-ring (bicyclic) bond motifs is 1. The molecule has 0 bridgehead atoms. The molecule has 0 saturated carbocycles. The molecular formula is C29H32Cl3N7O3. The highest BCUT2D eigenvalue weighted by Crippen LogP contribution is 2.36. The summed E-state index contributed by atoms with van der Waals surface area (Å²) in [5, 5.41) is 10.4. The molecule has 3 heterocycles. The van der Waals surface area contributed by atoms with Crippen LogP contribution in [0.3, 0.4) is 0 Å². The number of aromatic nitrogens is 4. The molecule has 13 heteroatoms. The minimum atomic E-state index is -0.389. The third-order valence-electron chi connectivity index (χ3n) is 6.99. The summed E-state index contributed by atoms with van der Waals surface area (Å²) in [6.45, 7) is 9.13. The van der Waals surface area contributed by atoms with Crippen LogP contribution in [0.1, 0.15) is 36.8 Å². The fourth-order valence-electron chi connectivity index (χ4n) is 4.86. The highest BCUT2D eigenvalue weighted by Gasteiger charge is 2.27. The van der Waals surface area contributed by atoms with Gasteiger partial charge in [-0.2, -0.15) is 4.98 Å². The van der Waals surface area contributed by atoms with Crippen LogP contribution in [0, 0.1) is 0 Å². The maximum Gasteiger partial charge on any atom is 0.284 e. The molecule has 0 spiro atoms. The molecule has 3 aliphatic heterocycles. The summed E-state index contributed by atoms with van der Waals surface area (Å²) >= 11 is 19.2. The average Bonchev–Trinajstić information content (AvgIpc) is 3.32. The van der Waals surface area contributed by atoms with E-state index < -0.39 is 0 Å². The van der Waals surface area contributed by atoms with Crippen LogP contribution in [-0.2, 0) is 16.0 Å². The number of rotatable bonds is 10. The second kappa shape index (κ2) is 13.5. The van der Waals surface area contributed by atoms with Crippen molar-refractivity contribution in [2.24, 2.45) is 0 Å². The van der Waals surface area contributed by atoms with Gasteiger partial charge in [0.2, 0.25) is 5.91 Å². The standard InChI is InChI=1S/C29H32Cl3N7O3/c1-17(2)26-25-28(39(37-26)27-21(31)14-19(30)15-22(27)32)35-23(36-29(25)41)13-18-3-5-20(6-4-18)34-24(40)16-33-7-8-38-9-11-42-12-10-38/h3-6,14-15,17,33,37H,7-13,16H2,1-2H3,(H,34,40). The van der Waals surface area contributed by atoms with Crippen molar-refractivity contribution in [1.29, 1.82) is 0 Å². The number of carbonyl (C=O) groups is 1. The zero-order valence-electron chi connectivity index (χ0n) is 23.3. The summed E-state index contributed by atoms with van der Waals surface area (Å²) < 4.78 is 6.97. The minimum Gasteiger partial charge on any atom is -0.379 e. The van der Waals surface area contributed by atoms with Gasteiger partial charge in [0, 0.05) is 43.3 Å². The maximum absolute atomic E-state index is 13.2. The molecule has 222 valence electrons. The first-order valence-electron chi connectivity index (χ1n) is 13.8. The van der Waals surface area contributed by atoms with Crippen molar-refractivity contribution in [3.63, 3.8) is 0 Å². The Hall–Kier alpha value is -2.99. The molecule has 0 atom stereocenters. The summed E-state index contributed by atoms with van der Waals surface area (Å²) in [6.07, 6.45) is 0.312. The zero-order valence-corrected chi connectivity index (χ0v) is 25.6. The van der Waals surface area contributed by atoms with Crippen molar-refractivity contribution >= 4 is 46.4 Å². The Bertz CT molecular complexity index is 1560. The molecule has 0 aliphatic carbocycles.